The van der Waals surface area contributed by atoms with Crippen LogP contribution in [-0.4, -0.2) is 39.3 Å². The minimum Gasteiger partial charge on any atom is -0.465 e. The van der Waals surface area contributed by atoms with E-state index in [9.17, 15) is 4.79 Å². The number of esters is 1. The van der Waals surface area contributed by atoms with Crippen LogP contribution < -0.4 is 9.80 Å². The third kappa shape index (κ3) is 4.08. The van der Waals surface area contributed by atoms with E-state index in [1.165, 1.54) is 18.4 Å². The van der Waals surface area contributed by atoms with Crippen LogP contribution >= 0.6 is 11.6 Å². The first-order valence-electron chi connectivity index (χ1n) is 8.17. The van der Waals surface area contributed by atoms with Crippen LogP contribution in [0, 0.1) is 0 Å². The van der Waals surface area contributed by atoms with Crippen LogP contribution in [0.5, 0.6) is 0 Å². The van der Waals surface area contributed by atoms with Crippen molar-refractivity contribution in [2.24, 2.45) is 0 Å². The quantitative estimate of drug-likeness (QED) is 0.861. The lowest BCUT2D eigenvalue weighted by Gasteiger charge is -2.33. The molecule has 0 atom stereocenters. The summed E-state index contributed by atoms with van der Waals surface area (Å²) in [5.74, 6) is -0.287. The predicted octanol–water partition coefficient (Wildman–Crippen LogP) is 2.03. The van der Waals surface area contributed by atoms with E-state index >= 15 is 0 Å². The SMILES string of the molecule is COC(=O)c1ccc(C[NH+]2CCN(c3ccc(Cl)cc3)CC2)cc1. The molecule has 2 aromatic rings. The first kappa shape index (κ1) is 16.8. The van der Waals surface area contributed by atoms with Gasteiger partial charge in [-0.2, -0.15) is 0 Å². The van der Waals surface area contributed by atoms with E-state index in [0.717, 1.165) is 37.7 Å². The number of carbonyl (C=O) groups excluding carboxylic acids is 1. The standard InChI is InChI=1S/C19H21ClN2O2/c1-24-19(23)16-4-2-15(3-5-16)14-21-10-12-22(13-11-21)18-8-6-17(20)7-9-18/h2-9H,10-14H2,1H3/p+1. The van der Waals surface area contributed by atoms with Gasteiger partial charge in [0.05, 0.1) is 38.9 Å². The van der Waals surface area contributed by atoms with Gasteiger partial charge in [0.2, 0.25) is 0 Å². The lowest BCUT2D eigenvalue weighted by molar-refractivity contribution is -0.914. The Morgan fingerprint density at radius 3 is 2.29 bits per heavy atom. The molecule has 0 aromatic heterocycles. The number of anilines is 1. The molecule has 0 aliphatic carbocycles. The molecule has 1 fully saturated rings. The lowest BCUT2D eigenvalue weighted by Crippen LogP contribution is -3.13. The summed E-state index contributed by atoms with van der Waals surface area (Å²) in [6, 6.07) is 15.8. The monoisotopic (exact) mass is 345 g/mol. The van der Waals surface area contributed by atoms with E-state index in [4.69, 9.17) is 16.3 Å². The highest BCUT2D eigenvalue weighted by molar-refractivity contribution is 6.30. The van der Waals surface area contributed by atoms with Crippen molar-refractivity contribution in [1.29, 1.82) is 0 Å². The number of rotatable bonds is 4. The molecule has 0 bridgehead atoms. The molecule has 0 spiro atoms. The van der Waals surface area contributed by atoms with Gasteiger partial charge in [0.1, 0.15) is 6.54 Å². The molecule has 0 radical (unpaired) electrons. The number of benzene rings is 2. The molecule has 1 saturated heterocycles. The van der Waals surface area contributed by atoms with Crippen molar-refractivity contribution >= 4 is 23.3 Å². The molecule has 1 N–H and O–H groups in total. The molecular formula is C19H22ClN2O2+. The van der Waals surface area contributed by atoms with Gasteiger partial charge in [0.25, 0.3) is 0 Å². The Bertz CT molecular complexity index is 678. The second-order valence-electron chi connectivity index (χ2n) is 6.08. The smallest absolute Gasteiger partial charge is 0.337 e. The minimum atomic E-state index is -0.287. The van der Waals surface area contributed by atoms with Gasteiger partial charge >= 0.3 is 5.97 Å². The lowest BCUT2D eigenvalue weighted by atomic mass is 10.1. The zero-order chi connectivity index (χ0) is 16.9. The van der Waals surface area contributed by atoms with Gasteiger partial charge in [-0.05, 0) is 36.4 Å². The van der Waals surface area contributed by atoms with Gasteiger partial charge in [0, 0.05) is 16.3 Å². The number of carbonyl (C=O) groups is 1. The van der Waals surface area contributed by atoms with Gasteiger partial charge in [0.15, 0.2) is 0 Å². The van der Waals surface area contributed by atoms with Crippen LogP contribution in [0.4, 0.5) is 5.69 Å². The molecule has 0 saturated carbocycles. The largest absolute Gasteiger partial charge is 0.465 e. The molecule has 0 unspecified atom stereocenters. The normalized spacial score (nSPS) is 15.3. The topological polar surface area (TPSA) is 34.0 Å². The van der Waals surface area contributed by atoms with Gasteiger partial charge < -0.3 is 14.5 Å². The number of nitrogens with zero attached hydrogens (tertiary/aromatic N) is 1. The summed E-state index contributed by atoms with van der Waals surface area (Å²) < 4.78 is 4.73. The number of piperazine rings is 1. The summed E-state index contributed by atoms with van der Waals surface area (Å²) in [5.41, 5.74) is 3.09. The number of ether oxygens (including phenoxy) is 1. The van der Waals surface area contributed by atoms with E-state index in [-0.39, 0.29) is 5.97 Å². The predicted molar refractivity (Wildman–Crippen MR) is 95.8 cm³/mol. The Labute approximate surface area is 147 Å². The van der Waals surface area contributed by atoms with E-state index < -0.39 is 0 Å². The second-order valence-corrected chi connectivity index (χ2v) is 6.52. The zero-order valence-corrected chi connectivity index (χ0v) is 14.6. The van der Waals surface area contributed by atoms with Crippen LogP contribution in [0.15, 0.2) is 48.5 Å². The minimum absolute atomic E-state index is 0.287. The maximum Gasteiger partial charge on any atom is 0.337 e. The summed E-state index contributed by atoms with van der Waals surface area (Å²) in [6.45, 7) is 5.26. The first-order chi connectivity index (χ1) is 11.7. The summed E-state index contributed by atoms with van der Waals surface area (Å²) >= 11 is 5.95. The van der Waals surface area contributed by atoms with Crippen molar-refractivity contribution < 1.29 is 14.4 Å². The number of quaternary nitrogens is 1. The van der Waals surface area contributed by atoms with Crippen LogP contribution in [0.3, 0.4) is 0 Å². The molecule has 1 aliphatic heterocycles. The van der Waals surface area contributed by atoms with E-state index in [1.54, 1.807) is 4.90 Å². The van der Waals surface area contributed by atoms with Crippen molar-refractivity contribution in [2.75, 3.05) is 38.2 Å². The first-order valence-corrected chi connectivity index (χ1v) is 8.55. The Morgan fingerprint density at radius 2 is 1.71 bits per heavy atom. The summed E-state index contributed by atoms with van der Waals surface area (Å²) in [5, 5.41) is 0.776. The van der Waals surface area contributed by atoms with E-state index in [2.05, 4.69) is 17.0 Å². The Hall–Kier alpha value is -2.04. The maximum absolute atomic E-state index is 11.5. The van der Waals surface area contributed by atoms with Crippen molar-refractivity contribution in [3.63, 3.8) is 0 Å². The molecule has 24 heavy (non-hydrogen) atoms. The number of hydrogen-bond donors (Lipinski definition) is 1. The fraction of sp³-hybridized carbons (Fsp3) is 0.316. The van der Waals surface area contributed by atoms with Crippen molar-refractivity contribution in [1.82, 2.24) is 0 Å². The molecule has 1 aliphatic rings. The number of methoxy groups -OCH3 is 1. The molecular weight excluding hydrogens is 324 g/mol. The number of nitrogens with one attached hydrogen (secondary N) is 1. The fourth-order valence-corrected chi connectivity index (χ4v) is 3.20. The fourth-order valence-electron chi connectivity index (χ4n) is 3.08. The van der Waals surface area contributed by atoms with Crippen molar-refractivity contribution in [2.45, 2.75) is 6.54 Å². The summed E-state index contributed by atoms with van der Waals surface area (Å²) in [6.07, 6.45) is 0. The molecule has 2 aromatic carbocycles. The van der Waals surface area contributed by atoms with Crippen LogP contribution in [0.1, 0.15) is 15.9 Å². The highest BCUT2D eigenvalue weighted by Crippen LogP contribution is 2.17. The van der Waals surface area contributed by atoms with Crippen LogP contribution in [0.2, 0.25) is 5.02 Å². The second kappa shape index (κ2) is 7.69. The summed E-state index contributed by atoms with van der Waals surface area (Å²) in [7, 11) is 1.40. The van der Waals surface area contributed by atoms with E-state index in [1.807, 2.05) is 36.4 Å². The highest BCUT2D eigenvalue weighted by atomic mass is 35.5. The highest BCUT2D eigenvalue weighted by Gasteiger charge is 2.20. The Morgan fingerprint density at radius 1 is 1.08 bits per heavy atom. The Kier molecular flexibility index (Phi) is 5.38. The van der Waals surface area contributed by atoms with Crippen molar-refractivity contribution in [3.05, 3.63) is 64.7 Å². The Balaban J connectivity index is 1.53. The zero-order valence-electron chi connectivity index (χ0n) is 13.8. The van der Waals surface area contributed by atoms with Crippen molar-refractivity contribution in [3.8, 4) is 0 Å². The molecule has 126 valence electrons. The van der Waals surface area contributed by atoms with E-state index in [0.29, 0.717) is 5.56 Å². The number of hydrogen-bond acceptors (Lipinski definition) is 3. The molecule has 4 nitrogen and oxygen atoms in total. The number of halogens is 1. The van der Waals surface area contributed by atoms with Gasteiger partial charge in [-0.15, -0.1) is 0 Å². The maximum atomic E-state index is 11.5. The molecule has 3 rings (SSSR count). The third-order valence-corrected chi connectivity index (χ3v) is 4.74. The molecule has 1 heterocycles. The molecule has 5 heteroatoms. The van der Waals surface area contributed by atoms with Gasteiger partial charge in [-0.1, -0.05) is 23.7 Å². The van der Waals surface area contributed by atoms with Crippen LogP contribution in [0.25, 0.3) is 0 Å². The summed E-state index contributed by atoms with van der Waals surface area (Å²) in [4.78, 5) is 15.4. The average Bonchev–Trinajstić information content (AvgIpc) is 2.63. The van der Waals surface area contributed by atoms with Gasteiger partial charge in [-0.3, -0.25) is 0 Å². The molecule has 0 amide bonds. The third-order valence-electron chi connectivity index (χ3n) is 4.49. The van der Waals surface area contributed by atoms with Gasteiger partial charge in [-0.25, -0.2) is 4.79 Å². The van der Waals surface area contributed by atoms with Crippen LogP contribution in [-0.2, 0) is 11.3 Å². The average molecular weight is 346 g/mol.